The van der Waals surface area contributed by atoms with Crippen molar-refractivity contribution in [2.45, 2.75) is 144 Å². The van der Waals surface area contributed by atoms with E-state index >= 15 is 0 Å². The lowest BCUT2D eigenvalue weighted by atomic mass is 9.47. The Balaban J connectivity index is 1.21. The first-order valence-corrected chi connectivity index (χ1v) is 16.8. The highest BCUT2D eigenvalue weighted by atomic mass is 16.5. The molecule has 0 aromatic carbocycles. The summed E-state index contributed by atoms with van der Waals surface area (Å²) in [5.74, 6) is 5.46. The Labute approximate surface area is 234 Å². The molecule has 4 fully saturated rings. The first-order valence-electron chi connectivity index (χ1n) is 16.8. The molecular formula is C35H59NO2. The number of rotatable bonds is 9. The fourth-order valence-electron chi connectivity index (χ4n) is 10.6. The van der Waals surface area contributed by atoms with Crippen molar-refractivity contribution in [2.75, 3.05) is 13.1 Å². The molecule has 3 nitrogen and oxygen atoms in total. The van der Waals surface area contributed by atoms with E-state index < -0.39 is 0 Å². The second kappa shape index (κ2) is 11.6. The normalized spacial score (nSPS) is 41.8. The van der Waals surface area contributed by atoms with Crippen LogP contribution in [-0.4, -0.2) is 36.1 Å². The molecule has 9 atom stereocenters. The molecule has 0 amide bonds. The van der Waals surface area contributed by atoms with Gasteiger partial charge in [-0.3, -0.25) is 9.69 Å². The number of ether oxygens (including phenoxy) is 1. The van der Waals surface area contributed by atoms with E-state index in [0.717, 1.165) is 61.4 Å². The van der Waals surface area contributed by atoms with E-state index in [0.29, 0.717) is 23.3 Å². The molecule has 5 aliphatic rings. The van der Waals surface area contributed by atoms with Crippen LogP contribution >= 0.6 is 0 Å². The molecule has 3 heteroatoms. The number of esters is 1. The van der Waals surface area contributed by atoms with Crippen LogP contribution in [0.5, 0.6) is 0 Å². The summed E-state index contributed by atoms with van der Waals surface area (Å²) >= 11 is 0. The minimum atomic E-state index is 0.00000188. The lowest BCUT2D eigenvalue weighted by molar-refractivity contribution is -0.148. The van der Waals surface area contributed by atoms with Crippen molar-refractivity contribution in [2.24, 2.45) is 46.3 Å². The SMILES string of the molecule is CCCC(=O)OC1CCN([C@H]2CC[C@@]3(C)C(=CC[C@H]4[C@@H]5CC[C@H]([C@H](C)CCCC(C)C)[C@@]5(C)CC[C@@H]43)C2)C1. The van der Waals surface area contributed by atoms with Gasteiger partial charge in [-0.05, 0) is 111 Å². The van der Waals surface area contributed by atoms with Gasteiger partial charge in [0, 0.05) is 25.6 Å². The fraction of sp³-hybridized carbons (Fsp3) is 0.914. The van der Waals surface area contributed by atoms with Gasteiger partial charge < -0.3 is 4.74 Å². The molecule has 0 aromatic heterocycles. The molecule has 0 aromatic rings. The molecule has 1 heterocycles. The van der Waals surface area contributed by atoms with Gasteiger partial charge in [0.15, 0.2) is 0 Å². The van der Waals surface area contributed by atoms with Crippen LogP contribution in [0.1, 0.15) is 131 Å². The Hall–Kier alpha value is -0.830. The topological polar surface area (TPSA) is 29.5 Å². The predicted octanol–water partition coefficient (Wildman–Crippen LogP) is 8.81. The molecular weight excluding hydrogens is 466 g/mol. The average molecular weight is 526 g/mol. The van der Waals surface area contributed by atoms with Crippen molar-refractivity contribution in [3.05, 3.63) is 11.6 Å². The van der Waals surface area contributed by atoms with Crippen molar-refractivity contribution in [3.8, 4) is 0 Å². The van der Waals surface area contributed by atoms with Crippen LogP contribution in [0, 0.1) is 46.3 Å². The van der Waals surface area contributed by atoms with E-state index in [1.807, 2.05) is 0 Å². The molecule has 0 radical (unpaired) electrons. The minimum absolute atomic E-state index is 0.00000188. The van der Waals surface area contributed by atoms with Gasteiger partial charge >= 0.3 is 5.97 Å². The highest BCUT2D eigenvalue weighted by molar-refractivity contribution is 5.69. The van der Waals surface area contributed by atoms with Gasteiger partial charge in [0.05, 0.1) is 0 Å². The summed E-state index contributed by atoms with van der Waals surface area (Å²) in [6.45, 7) is 16.8. The first kappa shape index (κ1) is 28.7. The molecule has 5 rings (SSSR count). The lowest BCUT2D eigenvalue weighted by Crippen LogP contribution is -2.52. The summed E-state index contributed by atoms with van der Waals surface area (Å²) < 4.78 is 5.78. The number of hydrogen-bond donors (Lipinski definition) is 0. The van der Waals surface area contributed by atoms with Crippen LogP contribution in [0.4, 0.5) is 0 Å². The highest BCUT2D eigenvalue weighted by Gasteiger charge is 2.59. The Morgan fingerprint density at radius 3 is 2.63 bits per heavy atom. The van der Waals surface area contributed by atoms with Crippen LogP contribution in [0.2, 0.25) is 0 Å². The zero-order valence-corrected chi connectivity index (χ0v) is 25.8. The van der Waals surface area contributed by atoms with Gasteiger partial charge in [0.2, 0.25) is 0 Å². The highest BCUT2D eigenvalue weighted by Crippen LogP contribution is 2.67. The molecule has 3 saturated carbocycles. The molecule has 0 spiro atoms. The standard InChI is InChI=1S/C35H59NO2/c1-7-9-33(37)38-28-18-21-36(23-28)27-16-19-34(5)26(22-27)12-13-29-31-15-14-30(25(4)11-8-10-24(2)3)35(31,6)20-17-32(29)34/h12,24-25,27-32H,7-11,13-23H2,1-6H3/t25-,27+,28?,29+,30-,31+,32+,34+,35-/m1/s1. The van der Waals surface area contributed by atoms with Gasteiger partial charge in [0.25, 0.3) is 0 Å². The van der Waals surface area contributed by atoms with E-state index in [4.69, 9.17) is 4.74 Å². The molecule has 4 aliphatic carbocycles. The second-order valence-corrected chi connectivity index (χ2v) is 15.3. The van der Waals surface area contributed by atoms with E-state index in [-0.39, 0.29) is 12.1 Å². The first-order chi connectivity index (χ1) is 18.2. The van der Waals surface area contributed by atoms with E-state index in [9.17, 15) is 4.79 Å². The number of hydrogen-bond acceptors (Lipinski definition) is 3. The Morgan fingerprint density at radius 2 is 1.87 bits per heavy atom. The van der Waals surface area contributed by atoms with E-state index in [1.54, 1.807) is 5.57 Å². The van der Waals surface area contributed by atoms with E-state index in [1.165, 1.54) is 70.6 Å². The summed E-state index contributed by atoms with van der Waals surface area (Å²) in [5.41, 5.74) is 2.80. The van der Waals surface area contributed by atoms with Crippen molar-refractivity contribution in [1.82, 2.24) is 4.90 Å². The van der Waals surface area contributed by atoms with Crippen LogP contribution in [0.3, 0.4) is 0 Å². The quantitative estimate of drug-likeness (QED) is 0.222. The van der Waals surface area contributed by atoms with Gasteiger partial charge in [-0.2, -0.15) is 0 Å². The molecule has 216 valence electrons. The number of likely N-dealkylation sites (tertiary alicyclic amines) is 1. The molecule has 1 aliphatic heterocycles. The maximum atomic E-state index is 12.0. The monoisotopic (exact) mass is 525 g/mol. The summed E-state index contributed by atoms with van der Waals surface area (Å²) in [6.07, 6.45) is 20.8. The largest absolute Gasteiger partial charge is 0.461 e. The Morgan fingerprint density at radius 1 is 1.05 bits per heavy atom. The minimum Gasteiger partial charge on any atom is -0.461 e. The number of allylic oxidation sites excluding steroid dienone is 1. The van der Waals surface area contributed by atoms with Gasteiger partial charge in [-0.15, -0.1) is 0 Å². The van der Waals surface area contributed by atoms with E-state index in [2.05, 4.69) is 52.5 Å². The zero-order valence-electron chi connectivity index (χ0n) is 25.8. The third kappa shape index (κ3) is 5.40. The molecule has 1 saturated heterocycles. The number of carbonyl (C=O) groups excluding carboxylic acids is 1. The third-order valence-corrected chi connectivity index (χ3v) is 12.7. The zero-order chi connectivity index (χ0) is 27.1. The smallest absolute Gasteiger partial charge is 0.306 e. The Kier molecular flexibility index (Phi) is 8.74. The maximum absolute atomic E-state index is 12.0. The molecule has 38 heavy (non-hydrogen) atoms. The van der Waals surface area contributed by atoms with Crippen molar-refractivity contribution < 1.29 is 9.53 Å². The molecule has 1 unspecified atom stereocenters. The summed E-state index contributed by atoms with van der Waals surface area (Å²) in [5, 5.41) is 0. The number of nitrogens with zero attached hydrogens (tertiary/aromatic N) is 1. The van der Waals surface area contributed by atoms with Crippen LogP contribution in [0.15, 0.2) is 11.6 Å². The number of carbonyl (C=O) groups is 1. The maximum Gasteiger partial charge on any atom is 0.306 e. The molecule has 0 N–H and O–H groups in total. The predicted molar refractivity (Wildman–Crippen MR) is 158 cm³/mol. The van der Waals surface area contributed by atoms with Gasteiger partial charge in [-0.25, -0.2) is 0 Å². The summed E-state index contributed by atoms with van der Waals surface area (Å²) in [7, 11) is 0. The Bertz CT molecular complexity index is 864. The van der Waals surface area contributed by atoms with Crippen LogP contribution in [0.25, 0.3) is 0 Å². The van der Waals surface area contributed by atoms with Crippen LogP contribution in [-0.2, 0) is 9.53 Å². The van der Waals surface area contributed by atoms with Crippen molar-refractivity contribution >= 4 is 5.97 Å². The number of fused-ring (bicyclic) bond motifs is 5. The summed E-state index contributed by atoms with van der Waals surface area (Å²) in [4.78, 5) is 14.7. The van der Waals surface area contributed by atoms with Crippen molar-refractivity contribution in [3.63, 3.8) is 0 Å². The second-order valence-electron chi connectivity index (χ2n) is 15.3. The van der Waals surface area contributed by atoms with Crippen molar-refractivity contribution in [1.29, 1.82) is 0 Å². The lowest BCUT2D eigenvalue weighted by Gasteiger charge is -2.59. The van der Waals surface area contributed by atoms with Crippen LogP contribution < -0.4 is 0 Å². The fourth-order valence-corrected chi connectivity index (χ4v) is 10.6. The third-order valence-electron chi connectivity index (χ3n) is 12.7. The van der Waals surface area contributed by atoms with Gasteiger partial charge in [0.1, 0.15) is 6.10 Å². The average Bonchev–Trinajstić information content (AvgIpc) is 3.47. The molecule has 0 bridgehead atoms. The van der Waals surface area contributed by atoms with Gasteiger partial charge in [-0.1, -0.05) is 72.5 Å². The summed E-state index contributed by atoms with van der Waals surface area (Å²) in [6, 6.07) is 0.650.